The number of guanidine groups is 1. The Balaban J connectivity index is 2.03. The van der Waals surface area contributed by atoms with E-state index in [1.165, 1.54) is 6.34 Å². The topological polar surface area (TPSA) is 136 Å². The number of aryl methyl sites for hydroxylation is 1. The van der Waals surface area contributed by atoms with Gasteiger partial charge < -0.3 is 15.8 Å². The van der Waals surface area contributed by atoms with Gasteiger partial charge in [0.2, 0.25) is 11.8 Å². The van der Waals surface area contributed by atoms with Crippen LogP contribution in [0.1, 0.15) is 12.7 Å². The zero-order valence-electron chi connectivity index (χ0n) is 11.8. The number of aromatic nitrogens is 2. The van der Waals surface area contributed by atoms with E-state index in [9.17, 15) is 10.1 Å². The van der Waals surface area contributed by atoms with Gasteiger partial charge in [0.25, 0.3) is 0 Å². The molecule has 0 aliphatic carbocycles. The molecule has 0 saturated carbocycles. The normalized spacial score (nSPS) is 19.5. The van der Waals surface area contributed by atoms with Crippen LogP contribution in [0.4, 0.5) is 5.82 Å². The molecule has 22 heavy (non-hydrogen) atoms. The minimum Gasteiger partial charge on any atom is -0.368 e. The number of aliphatic imine (C=N–C) groups is 4. The molecule has 0 radical (unpaired) electrons. The highest BCUT2D eigenvalue weighted by Gasteiger charge is 2.33. The lowest BCUT2D eigenvalue weighted by Gasteiger charge is -2.15. The summed E-state index contributed by atoms with van der Waals surface area (Å²) in [7, 11) is 0. The van der Waals surface area contributed by atoms with Crippen molar-refractivity contribution in [3.05, 3.63) is 15.9 Å². The number of nitro groups is 1. The first-order valence-electron chi connectivity index (χ1n) is 6.42. The Kier molecular flexibility index (Phi) is 3.48. The number of nitrogens with two attached hydrogens (primary N) is 1. The molecule has 1 aromatic rings. The predicted octanol–water partition coefficient (Wildman–Crippen LogP) is 0.748. The molecular formula is C11H12N8O2S. The van der Waals surface area contributed by atoms with Crippen LogP contribution in [-0.2, 0) is 6.54 Å². The van der Waals surface area contributed by atoms with E-state index in [0.29, 0.717) is 28.3 Å². The van der Waals surface area contributed by atoms with Crippen molar-refractivity contribution >= 4 is 40.8 Å². The van der Waals surface area contributed by atoms with Crippen LogP contribution in [0.3, 0.4) is 0 Å². The Morgan fingerprint density at radius 1 is 1.50 bits per heavy atom. The van der Waals surface area contributed by atoms with Gasteiger partial charge in [-0.3, -0.25) is 9.56 Å². The number of hydrogen-bond acceptors (Lipinski definition) is 9. The summed E-state index contributed by atoms with van der Waals surface area (Å²) in [6.07, 6.45) is 1.38. The van der Waals surface area contributed by atoms with Gasteiger partial charge in [-0.05, 0) is 28.6 Å². The van der Waals surface area contributed by atoms with E-state index >= 15 is 0 Å². The van der Waals surface area contributed by atoms with Gasteiger partial charge in [-0.2, -0.15) is 4.99 Å². The smallest absolute Gasteiger partial charge is 0.368 e. The van der Waals surface area contributed by atoms with Crippen molar-refractivity contribution in [3.8, 4) is 0 Å². The first kappa shape index (κ1) is 14.4. The van der Waals surface area contributed by atoms with E-state index in [0.717, 1.165) is 11.8 Å². The first-order valence-corrected chi connectivity index (χ1v) is 7.24. The average Bonchev–Trinajstić information content (AvgIpc) is 3.03. The summed E-state index contributed by atoms with van der Waals surface area (Å²) >= 11 is 1.13. The molecule has 1 unspecified atom stereocenters. The summed E-state index contributed by atoms with van der Waals surface area (Å²) in [6.45, 7) is 4.17. The lowest BCUT2D eigenvalue weighted by Crippen LogP contribution is -2.31. The molecule has 0 amide bonds. The van der Waals surface area contributed by atoms with Gasteiger partial charge in [0.15, 0.2) is 16.9 Å². The molecule has 10 nitrogen and oxygen atoms in total. The first-order chi connectivity index (χ1) is 10.5. The summed E-state index contributed by atoms with van der Waals surface area (Å²) in [5.41, 5.74) is 5.66. The molecule has 11 heteroatoms. The lowest BCUT2D eigenvalue weighted by molar-refractivity contribution is -0.392. The van der Waals surface area contributed by atoms with E-state index in [2.05, 4.69) is 25.0 Å². The van der Waals surface area contributed by atoms with E-state index in [1.54, 1.807) is 11.5 Å². The molecular weight excluding hydrogens is 308 g/mol. The Morgan fingerprint density at radius 2 is 2.27 bits per heavy atom. The molecule has 0 fully saturated rings. The van der Waals surface area contributed by atoms with E-state index in [4.69, 9.17) is 5.73 Å². The van der Waals surface area contributed by atoms with E-state index in [1.807, 2.05) is 6.92 Å². The Morgan fingerprint density at radius 3 is 2.95 bits per heavy atom. The molecule has 0 spiro atoms. The van der Waals surface area contributed by atoms with Crippen LogP contribution in [0.15, 0.2) is 25.0 Å². The number of amidine groups is 1. The zero-order chi connectivity index (χ0) is 15.9. The van der Waals surface area contributed by atoms with Gasteiger partial charge in [-0.15, -0.1) is 0 Å². The van der Waals surface area contributed by atoms with Crippen molar-refractivity contribution in [1.82, 2.24) is 9.55 Å². The molecule has 0 saturated heterocycles. The molecule has 2 N–H and O–H groups in total. The highest BCUT2D eigenvalue weighted by atomic mass is 32.2. The highest BCUT2D eigenvalue weighted by molar-refractivity contribution is 8.14. The van der Waals surface area contributed by atoms with Crippen LogP contribution in [0.25, 0.3) is 0 Å². The van der Waals surface area contributed by atoms with E-state index in [-0.39, 0.29) is 11.8 Å². The van der Waals surface area contributed by atoms with Gasteiger partial charge in [0.1, 0.15) is 11.4 Å². The van der Waals surface area contributed by atoms with Crippen molar-refractivity contribution in [1.29, 1.82) is 0 Å². The van der Waals surface area contributed by atoms with Crippen molar-refractivity contribution in [2.45, 2.75) is 31.5 Å². The van der Waals surface area contributed by atoms with Crippen LogP contribution in [0, 0.1) is 17.0 Å². The minimum atomic E-state index is -0.505. The Labute approximate surface area is 129 Å². The quantitative estimate of drug-likeness (QED) is 0.647. The fraction of sp³-hybridized carbons (Fsp3) is 0.364. The largest absolute Gasteiger partial charge is 0.396 e. The molecule has 1 atom stereocenters. The van der Waals surface area contributed by atoms with Crippen LogP contribution < -0.4 is 5.73 Å². The second-order valence-corrected chi connectivity index (χ2v) is 5.47. The van der Waals surface area contributed by atoms with Gasteiger partial charge in [-0.25, -0.2) is 9.98 Å². The molecule has 3 rings (SSSR count). The number of thioether (sulfide) groups is 1. The maximum atomic E-state index is 11.2. The summed E-state index contributed by atoms with van der Waals surface area (Å²) in [4.78, 5) is 31.1. The second-order valence-electron chi connectivity index (χ2n) is 4.47. The summed E-state index contributed by atoms with van der Waals surface area (Å²) in [5.74, 6) is 0.869. The Bertz CT molecular complexity index is 775. The maximum Gasteiger partial charge on any atom is 0.396 e. The zero-order valence-corrected chi connectivity index (χ0v) is 12.6. The van der Waals surface area contributed by atoms with E-state index < -0.39 is 11.0 Å². The summed E-state index contributed by atoms with van der Waals surface area (Å²) in [5, 5.41) is 12.1. The van der Waals surface area contributed by atoms with Crippen LogP contribution in [0.5, 0.6) is 0 Å². The molecule has 1 aromatic heterocycles. The second kappa shape index (κ2) is 5.33. The third kappa shape index (κ3) is 2.28. The van der Waals surface area contributed by atoms with Gasteiger partial charge in [0.05, 0.1) is 0 Å². The number of hydrogen-bond donors (Lipinski definition) is 1. The van der Waals surface area contributed by atoms with Crippen molar-refractivity contribution < 1.29 is 4.92 Å². The van der Waals surface area contributed by atoms with Crippen molar-refractivity contribution in [2.24, 2.45) is 25.7 Å². The monoisotopic (exact) mass is 320 g/mol. The fourth-order valence-corrected chi connectivity index (χ4v) is 3.37. The number of rotatable bonds is 3. The van der Waals surface area contributed by atoms with Crippen molar-refractivity contribution in [2.75, 3.05) is 0 Å². The van der Waals surface area contributed by atoms with Gasteiger partial charge in [0, 0.05) is 13.5 Å². The Hall–Kier alpha value is -2.56. The predicted molar refractivity (Wildman–Crippen MR) is 83.9 cm³/mol. The molecule has 2 aliphatic heterocycles. The number of fused-ring (bicyclic) bond motifs is 1. The van der Waals surface area contributed by atoms with Crippen LogP contribution in [0.2, 0.25) is 0 Å². The standard InChI is InChI=1S/C11H12N8O2S/c1-3-18-5(2)15-8(19(20)21)10(18)22-9-6-7(14-4-13-6)16-11(12)17-9/h4,6H,3H2,1-2H3,(H2,12,13,14,16). The molecule has 114 valence electrons. The third-order valence-corrected chi connectivity index (χ3v) is 4.24. The minimum absolute atomic E-state index is 0.0601. The van der Waals surface area contributed by atoms with Gasteiger partial charge in [-0.1, -0.05) is 0 Å². The molecule has 0 aromatic carbocycles. The SMILES string of the molecule is CCn1c(C)nc([N+](=O)[O-])c1SC1=NC(N)=NC2=NC=NC21. The maximum absolute atomic E-state index is 11.2. The average molecular weight is 320 g/mol. The molecule has 2 aliphatic rings. The van der Waals surface area contributed by atoms with Crippen LogP contribution in [-0.4, -0.2) is 43.7 Å². The molecule has 0 bridgehead atoms. The number of imidazole rings is 1. The lowest BCUT2D eigenvalue weighted by atomic mass is 10.3. The van der Waals surface area contributed by atoms with Crippen molar-refractivity contribution in [3.63, 3.8) is 0 Å². The van der Waals surface area contributed by atoms with Crippen LogP contribution >= 0.6 is 11.8 Å². The fourth-order valence-electron chi connectivity index (χ4n) is 2.18. The molecule has 3 heterocycles. The summed E-state index contributed by atoms with van der Waals surface area (Å²) in [6, 6.07) is -0.461. The number of nitrogens with zero attached hydrogens (tertiary/aromatic N) is 7. The third-order valence-electron chi connectivity index (χ3n) is 3.12. The highest BCUT2D eigenvalue weighted by Crippen LogP contribution is 2.33. The van der Waals surface area contributed by atoms with Gasteiger partial charge >= 0.3 is 5.82 Å². The summed E-state index contributed by atoms with van der Waals surface area (Å²) < 4.78 is 1.75.